The molecule has 0 saturated carbocycles. The number of nitrogens with zero attached hydrogens (tertiary/aromatic N) is 5. The summed E-state index contributed by atoms with van der Waals surface area (Å²) in [5, 5.41) is 11.8. The number of hydrogen-bond acceptors (Lipinski definition) is 8. The molecule has 0 aliphatic carbocycles. The Labute approximate surface area is 140 Å². The normalized spacial score (nSPS) is 19.0. The zero-order valence-corrected chi connectivity index (χ0v) is 14.3. The zero-order valence-electron chi connectivity index (χ0n) is 13.5. The summed E-state index contributed by atoms with van der Waals surface area (Å²) in [6.45, 7) is 4.70. The summed E-state index contributed by atoms with van der Waals surface area (Å²) in [5.41, 5.74) is 2.77. The number of aryl methyl sites for hydroxylation is 1. The molecule has 1 fully saturated rings. The second kappa shape index (κ2) is 7.76. The summed E-state index contributed by atoms with van der Waals surface area (Å²) >= 11 is 1.46. The topological polar surface area (TPSA) is 76.1 Å². The lowest BCUT2D eigenvalue weighted by atomic mass is 9.99. The van der Waals surface area contributed by atoms with Gasteiger partial charge < -0.3 is 10.1 Å². The summed E-state index contributed by atoms with van der Waals surface area (Å²) in [6.07, 6.45) is 3.59. The predicted octanol–water partition coefficient (Wildman–Crippen LogP) is 2.55. The van der Waals surface area contributed by atoms with Crippen LogP contribution in [0.4, 0.5) is 10.9 Å². The van der Waals surface area contributed by atoms with Crippen LogP contribution in [-0.4, -0.2) is 51.9 Å². The number of nitrogens with one attached hydrogen (secondary N) is 1. The molecule has 0 aromatic carbocycles. The standard InChI is InChI=1S/C15H22N6OS/c1-11-17-12(9-14(18-11)19-15-20-16-10-23-15)13-5-3-4-6-21(13)7-8-22-2/h9-10,13H,3-8H2,1-2H3,(H,17,18,19,20). The van der Waals surface area contributed by atoms with Crippen LogP contribution >= 0.6 is 11.3 Å². The minimum absolute atomic E-state index is 0.329. The van der Waals surface area contributed by atoms with Gasteiger partial charge in [0.2, 0.25) is 5.13 Å². The summed E-state index contributed by atoms with van der Waals surface area (Å²) in [6, 6.07) is 2.36. The maximum atomic E-state index is 5.25. The van der Waals surface area contributed by atoms with Gasteiger partial charge in [-0.2, -0.15) is 0 Å². The summed E-state index contributed by atoms with van der Waals surface area (Å²) < 4.78 is 5.25. The first-order valence-corrected chi connectivity index (χ1v) is 8.76. The average molecular weight is 334 g/mol. The van der Waals surface area contributed by atoms with E-state index in [1.165, 1.54) is 24.2 Å². The Kier molecular flexibility index (Phi) is 5.47. The quantitative estimate of drug-likeness (QED) is 0.870. The van der Waals surface area contributed by atoms with Crippen LogP contribution in [0, 0.1) is 6.92 Å². The lowest BCUT2D eigenvalue weighted by Crippen LogP contribution is -2.36. The largest absolute Gasteiger partial charge is 0.383 e. The third-order valence-corrected chi connectivity index (χ3v) is 4.60. The summed E-state index contributed by atoms with van der Waals surface area (Å²) in [4.78, 5) is 11.6. The molecule has 1 aliphatic rings. The van der Waals surface area contributed by atoms with E-state index in [1.807, 2.05) is 13.0 Å². The minimum Gasteiger partial charge on any atom is -0.383 e. The van der Waals surface area contributed by atoms with Gasteiger partial charge in [0.1, 0.15) is 17.2 Å². The molecular formula is C15H22N6OS. The first-order chi connectivity index (χ1) is 11.3. The first kappa shape index (κ1) is 16.2. The maximum absolute atomic E-state index is 5.25. The Morgan fingerprint density at radius 2 is 2.30 bits per heavy atom. The van der Waals surface area contributed by atoms with Crippen molar-refractivity contribution >= 4 is 22.3 Å². The predicted molar refractivity (Wildman–Crippen MR) is 90.0 cm³/mol. The molecule has 3 rings (SSSR count). The third-order valence-electron chi connectivity index (χ3n) is 3.99. The van der Waals surface area contributed by atoms with Gasteiger partial charge in [-0.05, 0) is 26.3 Å². The molecule has 1 N–H and O–H groups in total. The first-order valence-electron chi connectivity index (χ1n) is 7.88. The van der Waals surface area contributed by atoms with Crippen molar-refractivity contribution in [1.82, 2.24) is 25.1 Å². The van der Waals surface area contributed by atoms with Crippen molar-refractivity contribution in [3.05, 3.63) is 23.1 Å². The van der Waals surface area contributed by atoms with Gasteiger partial charge in [0.05, 0.1) is 18.3 Å². The van der Waals surface area contributed by atoms with E-state index in [2.05, 4.69) is 30.4 Å². The molecular weight excluding hydrogens is 312 g/mol. The SMILES string of the molecule is COCCN1CCCCC1c1cc(Nc2nncs2)nc(C)n1. The van der Waals surface area contributed by atoms with E-state index in [9.17, 15) is 0 Å². The fraction of sp³-hybridized carbons (Fsp3) is 0.600. The molecule has 0 amide bonds. The number of hydrogen-bond donors (Lipinski definition) is 1. The molecule has 1 aliphatic heterocycles. The lowest BCUT2D eigenvalue weighted by molar-refractivity contribution is 0.0941. The zero-order chi connectivity index (χ0) is 16.1. The third kappa shape index (κ3) is 4.21. The molecule has 23 heavy (non-hydrogen) atoms. The van der Waals surface area contributed by atoms with Crippen LogP contribution in [0.2, 0.25) is 0 Å². The van der Waals surface area contributed by atoms with Crippen LogP contribution < -0.4 is 5.32 Å². The van der Waals surface area contributed by atoms with Gasteiger partial charge in [-0.15, -0.1) is 10.2 Å². The van der Waals surface area contributed by atoms with Crippen LogP contribution in [0.25, 0.3) is 0 Å². The molecule has 1 saturated heterocycles. The second-order valence-electron chi connectivity index (χ2n) is 5.63. The van der Waals surface area contributed by atoms with Crippen LogP contribution in [-0.2, 0) is 4.74 Å². The molecule has 2 aromatic rings. The van der Waals surface area contributed by atoms with Crippen molar-refractivity contribution in [3.8, 4) is 0 Å². The molecule has 0 bridgehead atoms. The van der Waals surface area contributed by atoms with Gasteiger partial charge in [0.25, 0.3) is 0 Å². The highest BCUT2D eigenvalue weighted by atomic mass is 32.1. The Bertz CT molecular complexity index is 620. The van der Waals surface area contributed by atoms with Crippen molar-refractivity contribution < 1.29 is 4.74 Å². The Morgan fingerprint density at radius 3 is 3.09 bits per heavy atom. The van der Waals surface area contributed by atoms with Crippen LogP contribution in [0.5, 0.6) is 0 Å². The number of rotatable bonds is 6. The highest BCUT2D eigenvalue weighted by Crippen LogP contribution is 2.31. The molecule has 7 nitrogen and oxygen atoms in total. The molecule has 2 aromatic heterocycles. The van der Waals surface area contributed by atoms with Crippen molar-refractivity contribution in [2.45, 2.75) is 32.2 Å². The number of ether oxygens (including phenoxy) is 1. The van der Waals surface area contributed by atoms with Gasteiger partial charge in [0, 0.05) is 19.7 Å². The van der Waals surface area contributed by atoms with Gasteiger partial charge in [-0.1, -0.05) is 17.8 Å². The van der Waals surface area contributed by atoms with Crippen molar-refractivity contribution in [3.63, 3.8) is 0 Å². The van der Waals surface area contributed by atoms with Gasteiger partial charge in [-0.25, -0.2) is 9.97 Å². The van der Waals surface area contributed by atoms with E-state index in [0.717, 1.165) is 48.6 Å². The number of likely N-dealkylation sites (tertiary alicyclic amines) is 1. The van der Waals surface area contributed by atoms with Crippen LogP contribution in [0.3, 0.4) is 0 Å². The van der Waals surface area contributed by atoms with E-state index in [1.54, 1.807) is 12.6 Å². The molecule has 124 valence electrons. The van der Waals surface area contributed by atoms with E-state index in [4.69, 9.17) is 4.74 Å². The Morgan fingerprint density at radius 1 is 1.39 bits per heavy atom. The van der Waals surface area contributed by atoms with Gasteiger partial charge >= 0.3 is 0 Å². The molecule has 1 atom stereocenters. The van der Waals surface area contributed by atoms with Crippen molar-refractivity contribution in [2.75, 3.05) is 32.1 Å². The van der Waals surface area contributed by atoms with Crippen LogP contribution in [0.1, 0.15) is 36.8 Å². The highest BCUT2D eigenvalue weighted by Gasteiger charge is 2.25. The molecule has 8 heteroatoms. The number of anilines is 2. The molecule has 1 unspecified atom stereocenters. The second-order valence-corrected chi connectivity index (χ2v) is 6.47. The van der Waals surface area contributed by atoms with Gasteiger partial charge in [-0.3, -0.25) is 4.90 Å². The number of piperidine rings is 1. The minimum atomic E-state index is 0.329. The van der Waals surface area contributed by atoms with Crippen LogP contribution in [0.15, 0.2) is 11.6 Å². The van der Waals surface area contributed by atoms with Crippen molar-refractivity contribution in [2.24, 2.45) is 0 Å². The number of methoxy groups -OCH3 is 1. The highest BCUT2D eigenvalue weighted by molar-refractivity contribution is 7.13. The summed E-state index contributed by atoms with van der Waals surface area (Å²) in [5.74, 6) is 1.55. The average Bonchev–Trinajstić information content (AvgIpc) is 3.05. The Hall–Kier alpha value is -1.64. The molecule has 3 heterocycles. The van der Waals surface area contributed by atoms with E-state index in [0.29, 0.717) is 6.04 Å². The molecule has 0 spiro atoms. The Balaban J connectivity index is 1.81. The summed E-state index contributed by atoms with van der Waals surface area (Å²) in [7, 11) is 1.75. The fourth-order valence-corrected chi connectivity index (χ4v) is 3.42. The maximum Gasteiger partial charge on any atom is 0.210 e. The molecule has 0 radical (unpaired) electrons. The van der Waals surface area contributed by atoms with E-state index >= 15 is 0 Å². The lowest BCUT2D eigenvalue weighted by Gasteiger charge is -2.35. The van der Waals surface area contributed by atoms with E-state index in [-0.39, 0.29) is 0 Å². The number of aromatic nitrogens is 4. The van der Waals surface area contributed by atoms with Crippen molar-refractivity contribution in [1.29, 1.82) is 0 Å². The smallest absolute Gasteiger partial charge is 0.210 e. The monoisotopic (exact) mass is 334 g/mol. The van der Waals surface area contributed by atoms with Gasteiger partial charge in [0.15, 0.2) is 0 Å². The fourth-order valence-electron chi connectivity index (χ4n) is 2.96. The van der Waals surface area contributed by atoms with E-state index < -0.39 is 0 Å².